The van der Waals surface area contributed by atoms with Gasteiger partial charge in [0.2, 0.25) is 6.04 Å². The van der Waals surface area contributed by atoms with E-state index in [0.717, 1.165) is 6.04 Å². The van der Waals surface area contributed by atoms with E-state index in [1.807, 2.05) is 0 Å². The van der Waals surface area contributed by atoms with E-state index in [2.05, 4.69) is 6.92 Å². The molecule has 1 nitrogen and oxygen atoms in total. The lowest BCUT2D eigenvalue weighted by atomic mass is 10.3. The van der Waals surface area contributed by atoms with Crippen LogP contribution in [0.1, 0.15) is 6.92 Å². The fourth-order valence-electron chi connectivity index (χ4n) is 2.17. The zero-order valence-corrected chi connectivity index (χ0v) is 3.89. The molecule has 3 rings (SSSR count). The van der Waals surface area contributed by atoms with Gasteiger partial charge in [-0.15, -0.1) is 0 Å². The van der Waals surface area contributed by atoms with Crippen LogP contribution in [-0.4, -0.2) is 29.2 Å². The minimum atomic E-state index is 1.11. The molecule has 1 spiro atoms. The van der Waals surface area contributed by atoms with Gasteiger partial charge < -0.3 is 0 Å². The summed E-state index contributed by atoms with van der Waals surface area (Å²) in [6.07, 6.45) is 0. The summed E-state index contributed by atoms with van der Waals surface area (Å²) in [5.74, 6) is 0. The van der Waals surface area contributed by atoms with Crippen LogP contribution in [0.2, 0.25) is 0 Å². The van der Waals surface area contributed by atoms with Gasteiger partial charge in [0, 0.05) is 0 Å². The molecule has 4 atom stereocenters. The molecule has 0 aromatic carbocycles. The molecule has 0 N–H and O–H groups in total. The zero-order chi connectivity index (χ0) is 3.94. The molecule has 32 valence electrons. The molecule has 4 unspecified atom stereocenters. The van der Waals surface area contributed by atoms with Crippen LogP contribution in [0.15, 0.2) is 0 Å². The molecule has 3 saturated heterocycles. The summed E-state index contributed by atoms with van der Waals surface area (Å²) >= 11 is 0. The van der Waals surface area contributed by atoms with E-state index in [1.54, 1.807) is 11.0 Å². The van der Waals surface area contributed by atoms with Gasteiger partial charge in [0.25, 0.3) is 0 Å². The molecular formula is C5H8N+. The second-order valence-electron chi connectivity index (χ2n) is 2.98. The van der Waals surface area contributed by atoms with Crippen molar-refractivity contribution in [3.63, 3.8) is 0 Å². The number of quaternary nitrogens is 1. The van der Waals surface area contributed by atoms with Gasteiger partial charge in [-0.3, -0.25) is 4.48 Å². The predicted molar refractivity (Wildman–Crippen MR) is 22.2 cm³/mol. The van der Waals surface area contributed by atoms with Crippen LogP contribution in [0.25, 0.3) is 0 Å². The maximum atomic E-state index is 2.37. The second-order valence-corrected chi connectivity index (χ2v) is 2.98. The first-order chi connectivity index (χ1) is 2.87. The number of nitrogens with zero attached hydrogens (tertiary/aromatic N) is 1. The van der Waals surface area contributed by atoms with Gasteiger partial charge in [-0.25, -0.2) is 0 Å². The molecular weight excluding hydrogens is 74.1 g/mol. The van der Waals surface area contributed by atoms with Gasteiger partial charge in [0.05, 0.1) is 0 Å². The third kappa shape index (κ3) is 0.0557. The van der Waals surface area contributed by atoms with Gasteiger partial charge in [0.15, 0.2) is 6.04 Å². The lowest BCUT2D eigenvalue weighted by molar-refractivity contribution is -0.603. The summed E-state index contributed by atoms with van der Waals surface area (Å²) in [6.45, 7) is 3.92. The Hall–Kier alpha value is -0.0400. The molecule has 0 radical (unpaired) electrons. The van der Waals surface area contributed by atoms with E-state index in [4.69, 9.17) is 0 Å². The SMILES string of the molecule is CC1C2C3C[N+]132. The van der Waals surface area contributed by atoms with Crippen molar-refractivity contribution in [3.8, 4) is 0 Å². The Labute approximate surface area is 37.2 Å². The topological polar surface area (TPSA) is 0 Å². The quantitative estimate of drug-likeness (QED) is 0.284. The van der Waals surface area contributed by atoms with Crippen molar-refractivity contribution in [2.24, 2.45) is 0 Å². The summed E-state index contributed by atoms with van der Waals surface area (Å²) in [4.78, 5) is 0. The number of rotatable bonds is 0. The number of hydrogen-bond donors (Lipinski definition) is 0. The Morgan fingerprint density at radius 3 is 2.33 bits per heavy atom. The smallest absolute Gasteiger partial charge is 0.200 e. The Morgan fingerprint density at radius 2 is 2.33 bits per heavy atom. The summed E-state index contributed by atoms with van der Waals surface area (Å²) in [5, 5.41) is 0. The molecule has 0 aliphatic carbocycles. The lowest BCUT2D eigenvalue weighted by Gasteiger charge is -1.75. The average Bonchev–Trinajstić information content (AvgIpc) is 2.13. The molecule has 1 heteroatoms. The highest BCUT2D eigenvalue weighted by molar-refractivity contribution is 5.20. The maximum absolute atomic E-state index is 2.37. The monoisotopic (exact) mass is 82.1 g/mol. The van der Waals surface area contributed by atoms with E-state index in [1.165, 1.54) is 12.1 Å². The standard InChI is InChI=1S/C5H8N/c1-3-5-4-2-6(3,4)5/h3-5H,2H2,1H3/q+1. The predicted octanol–water partition coefficient (Wildman–Crippen LogP) is -0.0303. The van der Waals surface area contributed by atoms with Crippen LogP contribution in [0.3, 0.4) is 0 Å². The van der Waals surface area contributed by atoms with Crippen molar-refractivity contribution in [2.75, 3.05) is 6.54 Å². The highest BCUT2D eigenvalue weighted by atomic mass is 15.8. The summed E-state index contributed by atoms with van der Waals surface area (Å²) < 4.78 is 1.57. The van der Waals surface area contributed by atoms with Crippen LogP contribution < -0.4 is 0 Å². The fraction of sp³-hybridized carbons (Fsp3) is 1.00. The van der Waals surface area contributed by atoms with Crippen molar-refractivity contribution in [2.45, 2.75) is 25.0 Å². The molecule has 3 fully saturated rings. The van der Waals surface area contributed by atoms with Crippen molar-refractivity contribution in [1.29, 1.82) is 0 Å². The highest BCUT2D eigenvalue weighted by Gasteiger charge is 3.03. The van der Waals surface area contributed by atoms with Gasteiger partial charge >= 0.3 is 0 Å². The summed E-state index contributed by atoms with van der Waals surface area (Å²) in [7, 11) is 0. The van der Waals surface area contributed by atoms with Crippen LogP contribution in [0.5, 0.6) is 0 Å². The molecule has 3 aliphatic rings. The maximum Gasteiger partial charge on any atom is 0.200 e. The van der Waals surface area contributed by atoms with Crippen molar-refractivity contribution >= 4 is 0 Å². The third-order valence-electron chi connectivity index (χ3n) is 3.01. The van der Waals surface area contributed by atoms with E-state index >= 15 is 0 Å². The molecule has 0 amide bonds. The fourth-order valence-corrected chi connectivity index (χ4v) is 2.17. The molecule has 3 heterocycles. The van der Waals surface area contributed by atoms with Crippen molar-refractivity contribution in [3.05, 3.63) is 0 Å². The summed E-state index contributed by atoms with van der Waals surface area (Å²) in [5.41, 5.74) is 0. The summed E-state index contributed by atoms with van der Waals surface area (Å²) in [6, 6.07) is 3.51. The minimum absolute atomic E-state index is 1.11. The minimum Gasteiger partial charge on any atom is -0.286 e. The third-order valence-corrected chi connectivity index (χ3v) is 3.01. The second kappa shape index (κ2) is 0.305. The van der Waals surface area contributed by atoms with Crippen LogP contribution in [0.4, 0.5) is 0 Å². The average molecular weight is 82.1 g/mol. The first kappa shape index (κ1) is 2.31. The van der Waals surface area contributed by atoms with E-state index < -0.39 is 0 Å². The molecule has 0 aromatic heterocycles. The van der Waals surface area contributed by atoms with Gasteiger partial charge in [-0.1, -0.05) is 0 Å². The molecule has 6 heavy (non-hydrogen) atoms. The first-order valence-electron chi connectivity index (χ1n) is 2.74. The molecule has 0 saturated carbocycles. The molecule has 0 aromatic rings. The van der Waals surface area contributed by atoms with Crippen LogP contribution in [-0.2, 0) is 0 Å². The van der Waals surface area contributed by atoms with Crippen molar-refractivity contribution < 1.29 is 4.48 Å². The van der Waals surface area contributed by atoms with E-state index in [0.29, 0.717) is 0 Å². The van der Waals surface area contributed by atoms with Crippen LogP contribution in [0, 0.1) is 0 Å². The lowest BCUT2D eigenvalue weighted by Crippen LogP contribution is -1.97. The molecule has 3 aliphatic heterocycles. The zero-order valence-electron chi connectivity index (χ0n) is 3.89. The van der Waals surface area contributed by atoms with Gasteiger partial charge in [-0.2, -0.15) is 0 Å². The van der Waals surface area contributed by atoms with Crippen LogP contribution >= 0.6 is 0 Å². The Morgan fingerprint density at radius 1 is 1.67 bits per heavy atom. The normalized spacial score (nSPS) is 90.5. The Bertz CT molecular complexity index is 126. The first-order valence-corrected chi connectivity index (χ1v) is 2.74. The number of fused-ring (bicyclic) bond motifs is 1. The van der Waals surface area contributed by atoms with Crippen molar-refractivity contribution in [1.82, 2.24) is 0 Å². The van der Waals surface area contributed by atoms with E-state index in [-0.39, 0.29) is 0 Å². The van der Waals surface area contributed by atoms with E-state index in [9.17, 15) is 0 Å². The largest absolute Gasteiger partial charge is 0.286 e. The highest BCUT2D eigenvalue weighted by Crippen LogP contribution is 2.74. The Balaban J connectivity index is 2.19. The van der Waals surface area contributed by atoms with Gasteiger partial charge in [0.1, 0.15) is 12.6 Å². The Kier molecular flexibility index (Phi) is 0.118. The number of hydrogen-bond acceptors (Lipinski definition) is 0. The van der Waals surface area contributed by atoms with Gasteiger partial charge in [-0.05, 0) is 6.92 Å². The molecule has 0 bridgehead atoms.